The van der Waals surface area contributed by atoms with Gasteiger partial charge in [0.2, 0.25) is 5.91 Å². The van der Waals surface area contributed by atoms with Crippen LogP contribution in [0.25, 0.3) is 0 Å². The lowest BCUT2D eigenvalue weighted by Crippen LogP contribution is -2.21. The Kier molecular flexibility index (Phi) is 3.88. The summed E-state index contributed by atoms with van der Waals surface area (Å²) in [4.78, 5) is 11.8. The predicted molar refractivity (Wildman–Crippen MR) is 71.5 cm³/mol. The van der Waals surface area contributed by atoms with Crippen molar-refractivity contribution in [2.45, 2.75) is 19.6 Å². The number of nitrogens with one attached hydrogen (secondary N) is 1. The number of nitrogens with zero attached hydrogens (tertiary/aromatic N) is 2. The molecule has 21 heavy (non-hydrogen) atoms. The van der Waals surface area contributed by atoms with E-state index in [9.17, 15) is 18.0 Å². The van der Waals surface area contributed by atoms with Crippen LogP contribution in [-0.2, 0) is 17.5 Å². The van der Waals surface area contributed by atoms with Crippen LogP contribution in [0, 0.1) is 6.92 Å². The quantitative estimate of drug-likeness (QED) is 0.855. The Morgan fingerprint density at radius 3 is 2.62 bits per heavy atom. The third kappa shape index (κ3) is 3.53. The lowest BCUT2D eigenvalue weighted by Gasteiger charge is -2.12. The van der Waals surface area contributed by atoms with Gasteiger partial charge in [0, 0.05) is 11.9 Å². The van der Waals surface area contributed by atoms with Gasteiger partial charge in [-0.3, -0.25) is 9.48 Å². The zero-order chi connectivity index (χ0) is 15.6. The van der Waals surface area contributed by atoms with Gasteiger partial charge in [-0.15, -0.1) is 0 Å². The van der Waals surface area contributed by atoms with Crippen LogP contribution >= 0.6 is 0 Å². The van der Waals surface area contributed by atoms with E-state index < -0.39 is 17.6 Å². The standard InChI is InChI=1S/C13H13F3N4O/c1-8-4-5-18-20(8)7-12(21)19-11-3-2-9(6-10(11)17)13(14,15)16/h2-6H,7,17H2,1H3,(H,19,21). The van der Waals surface area contributed by atoms with Crippen LogP contribution in [0.1, 0.15) is 11.3 Å². The Balaban J connectivity index is 2.10. The summed E-state index contributed by atoms with van der Waals surface area (Å²) in [6.45, 7) is 1.74. The first-order chi connectivity index (χ1) is 9.77. The van der Waals surface area contributed by atoms with E-state index in [1.807, 2.05) is 0 Å². The Morgan fingerprint density at radius 1 is 1.38 bits per heavy atom. The minimum atomic E-state index is -4.47. The number of amides is 1. The highest BCUT2D eigenvalue weighted by Crippen LogP contribution is 2.32. The van der Waals surface area contributed by atoms with Crippen molar-refractivity contribution in [2.24, 2.45) is 0 Å². The number of aryl methyl sites for hydroxylation is 1. The normalized spacial score (nSPS) is 11.4. The summed E-state index contributed by atoms with van der Waals surface area (Å²) in [6.07, 6.45) is -2.92. The molecule has 1 amide bonds. The molecule has 0 unspecified atom stereocenters. The lowest BCUT2D eigenvalue weighted by atomic mass is 10.1. The molecule has 0 atom stereocenters. The number of nitrogens with two attached hydrogens (primary N) is 1. The number of carbonyl (C=O) groups is 1. The SMILES string of the molecule is Cc1ccnn1CC(=O)Nc1ccc(C(F)(F)F)cc1N. The number of carbonyl (C=O) groups excluding carboxylic acids is 1. The van der Waals surface area contributed by atoms with Crippen molar-refractivity contribution in [3.8, 4) is 0 Å². The van der Waals surface area contributed by atoms with Gasteiger partial charge in [0.25, 0.3) is 0 Å². The number of alkyl halides is 3. The molecular formula is C13H13F3N4O. The molecule has 0 bridgehead atoms. The van der Waals surface area contributed by atoms with Crippen LogP contribution in [0.15, 0.2) is 30.5 Å². The van der Waals surface area contributed by atoms with Crippen LogP contribution < -0.4 is 11.1 Å². The molecule has 2 rings (SSSR count). The molecule has 0 aliphatic carbocycles. The Morgan fingerprint density at radius 2 is 2.10 bits per heavy atom. The fraction of sp³-hybridized carbons (Fsp3) is 0.231. The van der Waals surface area contributed by atoms with Crippen molar-refractivity contribution in [2.75, 3.05) is 11.1 Å². The molecule has 0 aliphatic heterocycles. The molecule has 1 aromatic heterocycles. The molecular weight excluding hydrogens is 285 g/mol. The highest BCUT2D eigenvalue weighted by Gasteiger charge is 2.30. The van der Waals surface area contributed by atoms with Crippen LogP contribution in [0.4, 0.5) is 24.5 Å². The maximum absolute atomic E-state index is 12.5. The van der Waals surface area contributed by atoms with E-state index in [4.69, 9.17) is 5.73 Å². The lowest BCUT2D eigenvalue weighted by molar-refractivity contribution is -0.137. The number of benzene rings is 1. The number of halogens is 3. The second kappa shape index (κ2) is 5.47. The molecule has 0 spiro atoms. The van der Waals surface area contributed by atoms with Crippen LogP contribution in [0.2, 0.25) is 0 Å². The molecule has 0 saturated heterocycles. The average molecular weight is 298 g/mol. The van der Waals surface area contributed by atoms with E-state index in [0.29, 0.717) is 0 Å². The fourth-order valence-electron chi connectivity index (χ4n) is 1.74. The van der Waals surface area contributed by atoms with E-state index in [2.05, 4.69) is 10.4 Å². The zero-order valence-electron chi connectivity index (χ0n) is 11.1. The molecule has 0 radical (unpaired) electrons. The van der Waals surface area contributed by atoms with Gasteiger partial charge < -0.3 is 11.1 Å². The molecule has 5 nitrogen and oxygen atoms in total. The Labute approximate surface area is 118 Å². The van der Waals surface area contributed by atoms with Crippen molar-refractivity contribution < 1.29 is 18.0 Å². The summed E-state index contributed by atoms with van der Waals surface area (Å²) in [5.41, 5.74) is 5.46. The summed E-state index contributed by atoms with van der Waals surface area (Å²) >= 11 is 0. The zero-order valence-corrected chi connectivity index (χ0v) is 11.1. The van der Waals surface area contributed by atoms with Crippen LogP contribution in [0.3, 0.4) is 0 Å². The van der Waals surface area contributed by atoms with Gasteiger partial charge >= 0.3 is 6.18 Å². The highest BCUT2D eigenvalue weighted by atomic mass is 19.4. The fourth-order valence-corrected chi connectivity index (χ4v) is 1.74. The van der Waals surface area contributed by atoms with E-state index >= 15 is 0 Å². The third-order valence-corrected chi connectivity index (χ3v) is 2.88. The molecule has 8 heteroatoms. The van der Waals surface area contributed by atoms with Crippen molar-refractivity contribution in [3.63, 3.8) is 0 Å². The topological polar surface area (TPSA) is 72.9 Å². The second-order valence-corrected chi connectivity index (χ2v) is 4.48. The van der Waals surface area contributed by atoms with Gasteiger partial charge in [0.15, 0.2) is 0 Å². The molecule has 0 fully saturated rings. The first-order valence-corrected chi connectivity index (χ1v) is 6.02. The Bertz CT molecular complexity index is 664. The summed E-state index contributed by atoms with van der Waals surface area (Å²) in [7, 11) is 0. The number of nitrogen functional groups attached to an aromatic ring is 1. The Hall–Kier alpha value is -2.51. The van der Waals surface area contributed by atoms with Crippen molar-refractivity contribution in [1.29, 1.82) is 0 Å². The first kappa shape index (κ1) is 14.9. The number of hydrogen-bond donors (Lipinski definition) is 2. The van der Waals surface area contributed by atoms with E-state index in [1.54, 1.807) is 19.2 Å². The largest absolute Gasteiger partial charge is 0.416 e. The van der Waals surface area contributed by atoms with Crippen molar-refractivity contribution >= 4 is 17.3 Å². The van der Waals surface area contributed by atoms with E-state index in [0.717, 1.165) is 23.9 Å². The number of aromatic nitrogens is 2. The third-order valence-electron chi connectivity index (χ3n) is 2.88. The average Bonchev–Trinajstić information content (AvgIpc) is 2.76. The van der Waals surface area contributed by atoms with Gasteiger partial charge in [-0.2, -0.15) is 18.3 Å². The molecule has 3 N–H and O–H groups in total. The number of anilines is 2. The molecule has 0 aliphatic rings. The first-order valence-electron chi connectivity index (χ1n) is 6.02. The minimum absolute atomic E-state index is 0.0424. The maximum Gasteiger partial charge on any atom is 0.416 e. The maximum atomic E-state index is 12.5. The molecule has 112 valence electrons. The summed E-state index contributed by atoms with van der Waals surface area (Å²) in [5, 5.41) is 6.40. The van der Waals surface area contributed by atoms with E-state index in [-0.39, 0.29) is 17.9 Å². The summed E-state index contributed by atoms with van der Waals surface area (Å²) in [6, 6.07) is 4.52. The predicted octanol–water partition coefficient (Wildman–Crippen LogP) is 2.43. The van der Waals surface area contributed by atoms with Gasteiger partial charge in [-0.1, -0.05) is 0 Å². The van der Waals surface area contributed by atoms with Crippen molar-refractivity contribution in [3.05, 3.63) is 41.7 Å². The minimum Gasteiger partial charge on any atom is -0.397 e. The van der Waals surface area contributed by atoms with Gasteiger partial charge in [-0.05, 0) is 31.2 Å². The van der Waals surface area contributed by atoms with Crippen molar-refractivity contribution in [1.82, 2.24) is 9.78 Å². The number of rotatable bonds is 3. The van der Waals surface area contributed by atoms with Crippen LogP contribution in [-0.4, -0.2) is 15.7 Å². The molecule has 1 aromatic carbocycles. The summed E-state index contributed by atoms with van der Waals surface area (Å²) < 4.78 is 39.0. The molecule has 2 aromatic rings. The smallest absolute Gasteiger partial charge is 0.397 e. The monoisotopic (exact) mass is 298 g/mol. The summed E-state index contributed by atoms with van der Waals surface area (Å²) in [5.74, 6) is -0.423. The highest BCUT2D eigenvalue weighted by molar-refractivity contribution is 5.93. The molecule has 0 saturated carbocycles. The van der Waals surface area contributed by atoms with E-state index in [1.165, 1.54) is 4.68 Å². The molecule has 1 heterocycles. The number of hydrogen-bond acceptors (Lipinski definition) is 3. The van der Waals surface area contributed by atoms with Gasteiger partial charge in [0.1, 0.15) is 6.54 Å². The van der Waals surface area contributed by atoms with Crippen LogP contribution in [0.5, 0.6) is 0 Å². The second-order valence-electron chi connectivity index (χ2n) is 4.48. The van der Waals surface area contributed by atoms with Gasteiger partial charge in [0.05, 0.1) is 16.9 Å². The van der Waals surface area contributed by atoms with Gasteiger partial charge in [-0.25, -0.2) is 0 Å².